The van der Waals surface area contributed by atoms with E-state index in [1.54, 1.807) is 0 Å². The molecule has 0 amide bonds. The van der Waals surface area contributed by atoms with Crippen LogP contribution in [0.1, 0.15) is 27.7 Å². The first-order valence-electron chi connectivity index (χ1n) is 43.8. The van der Waals surface area contributed by atoms with E-state index in [9.17, 15) is 0 Å². The fourth-order valence-electron chi connectivity index (χ4n) is 17.1. The normalized spacial score (nSPS) is 12.7. The summed E-state index contributed by atoms with van der Waals surface area (Å²) in [5.41, 5.74) is 23.4. The number of rotatable bonds is 14. The largest absolute Gasteiger partial charge is 0.515 e. The van der Waals surface area contributed by atoms with Gasteiger partial charge in [0, 0.05) is 65.0 Å². The van der Waals surface area contributed by atoms with Gasteiger partial charge in [0.15, 0.2) is 34.9 Å². The van der Waals surface area contributed by atoms with Crippen LogP contribution in [-0.2, 0) is 9.31 Å². The Morgan fingerprint density at radius 1 is 0.192 bits per heavy atom. The highest BCUT2D eigenvalue weighted by Crippen LogP contribution is 2.42. The first-order valence-corrected chi connectivity index (χ1v) is 44.6. The Labute approximate surface area is 763 Å². The van der Waals surface area contributed by atoms with E-state index in [1.807, 2.05) is 78.9 Å². The van der Waals surface area contributed by atoms with Crippen molar-refractivity contribution in [1.82, 2.24) is 39.9 Å². The van der Waals surface area contributed by atoms with Crippen molar-refractivity contribution in [3.05, 3.63) is 441 Å². The van der Waals surface area contributed by atoms with E-state index in [2.05, 4.69) is 402 Å². The molecule has 130 heavy (non-hydrogen) atoms. The Morgan fingerprint density at radius 3 is 0.831 bits per heavy atom. The van der Waals surface area contributed by atoms with Crippen molar-refractivity contribution in [2.24, 2.45) is 0 Å². The Hall–Kier alpha value is -15.7. The third-order valence-corrected chi connectivity index (χ3v) is 25.3. The lowest BCUT2D eigenvalue weighted by molar-refractivity contribution is 0.00578. The predicted octanol–water partition coefficient (Wildman–Crippen LogP) is 29.9. The number of nitrogens with zero attached hydrogens (tertiary/aromatic N) is 8. The molecule has 22 aromatic rings. The highest BCUT2D eigenvalue weighted by Gasteiger charge is 2.53. The second-order valence-corrected chi connectivity index (χ2v) is 34.6. The summed E-state index contributed by atoms with van der Waals surface area (Å²) in [4.78, 5) is 40.1. The topological polar surface area (TPSA) is 122 Å². The van der Waals surface area contributed by atoms with E-state index in [1.165, 1.54) is 60.0 Å². The minimum Gasteiger partial charge on any atom is -0.398 e. The summed E-state index contributed by atoms with van der Waals surface area (Å²) in [6.07, 6.45) is 0. The molecular formula is C118H84BBrN8O2. The Balaban J connectivity index is 0.000000127. The predicted molar refractivity (Wildman–Crippen MR) is 541 cm³/mol. The monoisotopic (exact) mass is 1730 g/mol. The average Bonchev–Trinajstić information content (AvgIpc) is 1.71. The van der Waals surface area contributed by atoms with Crippen LogP contribution in [0.4, 0.5) is 0 Å². The maximum atomic E-state index is 6.33. The number of fused-ring (bicyclic) bond motifs is 8. The zero-order valence-electron chi connectivity index (χ0n) is 71.9. The molecule has 0 aliphatic carbocycles. The number of pyridine rings is 2. The van der Waals surface area contributed by atoms with Crippen molar-refractivity contribution in [2.75, 3.05) is 0 Å². The summed E-state index contributed by atoms with van der Waals surface area (Å²) in [5.74, 6) is 3.83. The second kappa shape index (κ2) is 35.3. The van der Waals surface area contributed by atoms with Gasteiger partial charge in [-0.2, -0.15) is 0 Å². The van der Waals surface area contributed by atoms with Gasteiger partial charge in [0.05, 0.1) is 33.5 Å². The molecule has 0 atom stereocenters. The molecule has 10 nitrogen and oxygen atoms in total. The average molecular weight is 1740 g/mol. The van der Waals surface area contributed by atoms with E-state index in [-0.39, 0.29) is 0 Å². The molecule has 0 N–H and O–H groups in total. The Morgan fingerprint density at radius 2 is 0.438 bits per heavy atom. The molecular weight excluding hydrogens is 1650 g/mol. The SMILES string of the molecule is Brc1ccc(-c2cccc(-c3cccc(-c4nc(-c5ccccc5)nc(-c5ccc(-c6ccccc6)cc5)n4)c3)c2)cc1.CC1(C)OB(c2nc3ccccc3c3cc4ccccc4cc23)OC1(C)C.c1ccc(-c2ccc(-c3nc(-c4ccccc4)nc(-c4cccc(-c5cccc(-c6ccc(-c7nc8ccccc8c8cc9ccccc9cc78)cc6)c5)c4)n3)cc2)cc1. The quantitative estimate of drug-likeness (QED) is 0.0591. The van der Waals surface area contributed by atoms with E-state index in [0.717, 1.165) is 126 Å². The molecule has 1 aliphatic heterocycles. The van der Waals surface area contributed by atoms with E-state index in [0.29, 0.717) is 34.9 Å². The van der Waals surface area contributed by atoms with Crippen LogP contribution >= 0.6 is 15.9 Å². The van der Waals surface area contributed by atoms with Crippen molar-refractivity contribution in [3.8, 4) is 146 Å². The summed E-state index contributed by atoms with van der Waals surface area (Å²) < 4.78 is 13.7. The van der Waals surface area contributed by atoms with Gasteiger partial charge < -0.3 is 9.31 Å². The molecule has 12 heteroatoms. The van der Waals surface area contributed by atoms with Crippen molar-refractivity contribution >= 4 is 93.5 Å². The fraction of sp³-hybridized carbons (Fsp3) is 0.0508. The second-order valence-electron chi connectivity index (χ2n) is 33.7. The molecule has 0 radical (unpaired) electrons. The molecule has 1 fully saturated rings. The maximum Gasteiger partial charge on any atom is 0.515 e. The van der Waals surface area contributed by atoms with Crippen LogP contribution in [-0.4, -0.2) is 58.2 Å². The maximum absolute atomic E-state index is 6.33. The molecule has 0 spiro atoms. The molecule has 23 rings (SSSR count). The van der Waals surface area contributed by atoms with Crippen LogP contribution in [0.25, 0.3) is 211 Å². The third kappa shape index (κ3) is 16.9. The van der Waals surface area contributed by atoms with Crippen molar-refractivity contribution < 1.29 is 9.31 Å². The molecule has 1 aliphatic rings. The van der Waals surface area contributed by atoms with Crippen LogP contribution in [0.5, 0.6) is 0 Å². The molecule has 618 valence electrons. The zero-order chi connectivity index (χ0) is 87.7. The fourth-order valence-corrected chi connectivity index (χ4v) is 17.4. The van der Waals surface area contributed by atoms with Crippen LogP contribution < -0.4 is 5.59 Å². The van der Waals surface area contributed by atoms with Gasteiger partial charge in [-0.05, 0) is 200 Å². The number of hydrogen-bond acceptors (Lipinski definition) is 10. The number of halogens is 1. The lowest BCUT2D eigenvalue weighted by Crippen LogP contribution is -2.41. The number of benzene rings is 18. The summed E-state index contributed by atoms with van der Waals surface area (Å²) in [5, 5.41) is 11.8. The van der Waals surface area contributed by atoms with Gasteiger partial charge in [-0.15, -0.1) is 0 Å². The van der Waals surface area contributed by atoms with Gasteiger partial charge in [-0.1, -0.05) is 380 Å². The summed E-state index contributed by atoms with van der Waals surface area (Å²) in [6, 6.07) is 152. The van der Waals surface area contributed by atoms with Gasteiger partial charge in [-0.3, -0.25) is 4.98 Å². The number of hydrogen-bond donors (Lipinski definition) is 0. The molecule has 0 saturated carbocycles. The molecule has 0 unspecified atom stereocenters. The Kier molecular flexibility index (Phi) is 22.1. The van der Waals surface area contributed by atoms with Gasteiger partial charge in [0.2, 0.25) is 0 Å². The first kappa shape index (κ1) is 81.4. The van der Waals surface area contributed by atoms with E-state index >= 15 is 0 Å². The molecule has 5 heterocycles. The molecule has 18 aromatic carbocycles. The third-order valence-electron chi connectivity index (χ3n) is 24.8. The van der Waals surface area contributed by atoms with Crippen molar-refractivity contribution in [3.63, 3.8) is 0 Å². The first-order chi connectivity index (χ1) is 63.7. The van der Waals surface area contributed by atoms with Gasteiger partial charge in [0.1, 0.15) is 0 Å². The molecule has 4 aromatic heterocycles. The zero-order valence-corrected chi connectivity index (χ0v) is 73.5. The van der Waals surface area contributed by atoms with Crippen LogP contribution in [0.2, 0.25) is 0 Å². The summed E-state index contributed by atoms with van der Waals surface area (Å²) in [7, 11) is -0.483. The van der Waals surface area contributed by atoms with E-state index in [4.69, 9.17) is 49.2 Å². The lowest BCUT2D eigenvalue weighted by atomic mass is 9.79. The molecule has 1 saturated heterocycles. The Bertz CT molecular complexity index is 7950. The summed E-state index contributed by atoms with van der Waals surface area (Å²) >= 11 is 3.54. The highest BCUT2D eigenvalue weighted by molar-refractivity contribution is 9.10. The van der Waals surface area contributed by atoms with E-state index < -0.39 is 18.3 Å². The number of aromatic nitrogens is 8. The summed E-state index contributed by atoms with van der Waals surface area (Å²) in [6.45, 7) is 8.30. The highest BCUT2D eigenvalue weighted by atomic mass is 79.9. The standard InChI is InChI=1S/C56H36N4.C39H26BrN3.C23H22BNO2/c1-3-13-37(14-4-1)38-27-31-42(32-28-38)55-58-54(41-15-5-2-6-16-41)59-56(60-55)48-22-12-21-45(34-48)44-20-11-19-43(33-44)39-25-29-40(30-26-39)53-51-36-47-18-8-7-17-46(47)35-50(51)49-23-9-10-24-52(49)57-53;40-36-23-21-29(22-24-36)32-13-7-14-33(25-32)34-15-8-16-35(26-34)39-42-37(30-11-5-2-6-12-30)41-38(43-39)31-19-17-28(18-20-31)27-9-3-1-4-10-27;1-22(2)23(3,4)27-24(26-22)21-19-14-16-10-6-5-9-15(16)13-18(19)17-11-7-8-12-20(17)25-21/h1-36H;1-26H;5-14H,1-4H3. The lowest BCUT2D eigenvalue weighted by Gasteiger charge is -2.32. The minimum atomic E-state index is -0.483. The van der Waals surface area contributed by atoms with Crippen molar-refractivity contribution in [2.45, 2.75) is 38.9 Å². The molecule has 0 bridgehead atoms. The van der Waals surface area contributed by atoms with Gasteiger partial charge >= 0.3 is 7.12 Å². The van der Waals surface area contributed by atoms with Crippen LogP contribution in [0.3, 0.4) is 0 Å². The number of para-hydroxylation sites is 2. The van der Waals surface area contributed by atoms with Gasteiger partial charge in [0.25, 0.3) is 0 Å². The minimum absolute atomic E-state index is 0.395. The van der Waals surface area contributed by atoms with Crippen LogP contribution in [0.15, 0.2) is 441 Å². The van der Waals surface area contributed by atoms with Crippen LogP contribution in [0, 0.1) is 0 Å². The van der Waals surface area contributed by atoms with Gasteiger partial charge in [-0.25, -0.2) is 34.9 Å². The van der Waals surface area contributed by atoms with Crippen molar-refractivity contribution in [1.29, 1.82) is 0 Å². The smallest absolute Gasteiger partial charge is 0.398 e.